The summed E-state index contributed by atoms with van der Waals surface area (Å²) in [5.74, 6) is 3.61. The lowest BCUT2D eigenvalue weighted by atomic mass is 9.98. The molecule has 2 aromatic carbocycles. The first-order valence-corrected chi connectivity index (χ1v) is 15.6. The van der Waals surface area contributed by atoms with Crippen LogP contribution in [0, 0.1) is 11.8 Å². The van der Waals surface area contributed by atoms with Crippen molar-refractivity contribution in [2.45, 2.75) is 58.4 Å². The average molecular weight is 727 g/mol. The third-order valence-electron chi connectivity index (χ3n) is 7.54. The van der Waals surface area contributed by atoms with E-state index in [0.29, 0.717) is 39.5 Å². The molecule has 0 amide bonds. The van der Waals surface area contributed by atoms with Gasteiger partial charge in [-0.15, -0.1) is 0 Å². The number of rotatable bonds is 13. The van der Waals surface area contributed by atoms with E-state index in [4.69, 9.17) is 47.4 Å². The number of benzene rings is 2. The molecule has 1 N–H and O–H groups in total. The van der Waals surface area contributed by atoms with Gasteiger partial charge in [0.25, 0.3) is 0 Å². The Morgan fingerprint density at radius 1 is 0.769 bits per heavy atom. The quantitative estimate of drug-likeness (QED) is 0.116. The van der Waals surface area contributed by atoms with Crippen LogP contribution in [0.5, 0.6) is 23.0 Å². The van der Waals surface area contributed by atoms with E-state index in [1.165, 1.54) is 47.5 Å². The summed E-state index contributed by atoms with van der Waals surface area (Å²) in [7, 11) is 5.77. The fraction of sp³-hybridized carbons (Fsp3) is 0.429. The topological polar surface area (TPSA) is 206 Å². The third-order valence-corrected chi connectivity index (χ3v) is 7.54. The largest absolute Gasteiger partial charge is 0.495 e. The Kier molecular flexibility index (Phi) is 13.0. The maximum atomic E-state index is 13.7. The average Bonchev–Trinajstić information content (AvgIpc) is 3.54. The van der Waals surface area contributed by atoms with Crippen LogP contribution < -0.4 is 18.9 Å². The van der Waals surface area contributed by atoms with Gasteiger partial charge in [-0.2, -0.15) is 5.10 Å². The number of ketones is 1. The zero-order valence-electron chi connectivity index (χ0n) is 29.7. The molecule has 52 heavy (non-hydrogen) atoms. The van der Waals surface area contributed by atoms with Crippen LogP contribution in [-0.2, 0) is 47.6 Å². The van der Waals surface area contributed by atoms with E-state index in [1.54, 1.807) is 12.1 Å². The van der Waals surface area contributed by atoms with Crippen molar-refractivity contribution >= 4 is 40.6 Å². The van der Waals surface area contributed by atoms with Gasteiger partial charge in [-0.05, 0) is 24.3 Å². The fourth-order valence-corrected chi connectivity index (χ4v) is 5.45. The van der Waals surface area contributed by atoms with Crippen LogP contribution in [0.1, 0.15) is 49.3 Å². The van der Waals surface area contributed by atoms with Gasteiger partial charge in [-0.25, -0.2) is 0 Å². The summed E-state index contributed by atoms with van der Waals surface area (Å²) >= 11 is 0. The minimum atomic E-state index is -1.43. The first-order chi connectivity index (χ1) is 24.8. The van der Waals surface area contributed by atoms with E-state index in [-0.39, 0.29) is 17.9 Å². The Bertz CT molecular complexity index is 1870. The maximum absolute atomic E-state index is 13.7. The minimum Gasteiger partial charge on any atom is -0.495 e. The summed E-state index contributed by atoms with van der Waals surface area (Å²) in [5.41, 5.74) is 1.02. The Morgan fingerprint density at radius 2 is 1.37 bits per heavy atom. The van der Waals surface area contributed by atoms with E-state index < -0.39 is 67.0 Å². The van der Waals surface area contributed by atoms with E-state index in [0.717, 1.165) is 20.8 Å². The van der Waals surface area contributed by atoms with Gasteiger partial charge < -0.3 is 47.4 Å². The van der Waals surface area contributed by atoms with Crippen molar-refractivity contribution in [3.63, 3.8) is 0 Å². The normalized spacial score (nSPS) is 19.3. The molecule has 17 heteroatoms. The molecule has 0 bridgehead atoms. The Morgan fingerprint density at radius 3 is 1.92 bits per heavy atom. The molecular formula is C35H38N2O15. The predicted molar refractivity (Wildman–Crippen MR) is 177 cm³/mol. The number of methoxy groups -OCH3 is 4. The van der Waals surface area contributed by atoms with Crippen LogP contribution in [0.25, 0.3) is 10.9 Å². The number of carbonyl (C=O) groups is 5. The predicted octanol–water partition coefficient (Wildman–Crippen LogP) is 2.28. The highest BCUT2D eigenvalue weighted by molar-refractivity contribution is 6.16. The summed E-state index contributed by atoms with van der Waals surface area (Å²) in [6, 6.07) is 6.31. The number of nitrogens with one attached hydrogen (secondary N) is 1. The molecule has 1 aliphatic rings. The molecule has 1 fully saturated rings. The number of hydrogen-bond donors (Lipinski definition) is 1. The zero-order valence-corrected chi connectivity index (χ0v) is 29.7. The Balaban J connectivity index is 1.66. The van der Waals surface area contributed by atoms with Crippen LogP contribution >= 0.6 is 0 Å². The molecule has 1 aromatic heterocycles. The zero-order chi connectivity index (χ0) is 38.1. The summed E-state index contributed by atoms with van der Waals surface area (Å²) in [5, 5.41) is 7.57. The molecule has 1 aliphatic heterocycles. The van der Waals surface area contributed by atoms with E-state index in [2.05, 4.69) is 22.0 Å². The van der Waals surface area contributed by atoms with Crippen molar-refractivity contribution in [2.75, 3.05) is 41.7 Å². The highest BCUT2D eigenvalue weighted by Gasteiger charge is 2.52. The Hall–Kier alpha value is -5.86. The Labute approximate surface area is 298 Å². The molecule has 17 nitrogen and oxygen atoms in total. The second-order valence-electron chi connectivity index (χ2n) is 11.1. The van der Waals surface area contributed by atoms with Crippen LogP contribution in [0.3, 0.4) is 0 Å². The lowest BCUT2D eigenvalue weighted by Gasteiger charge is -2.43. The van der Waals surface area contributed by atoms with Crippen molar-refractivity contribution in [3.8, 4) is 34.8 Å². The molecule has 0 radical (unpaired) electrons. The van der Waals surface area contributed by atoms with Crippen LogP contribution in [-0.4, -0.2) is 112 Å². The second-order valence-corrected chi connectivity index (χ2v) is 11.1. The number of aromatic amines is 1. The van der Waals surface area contributed by atoms with E-state index >= 15 is 0 Å². The number of ether oxygens (including phenoxy) is 10. The van der Waals surface area contributed by atoms with Crippen molar-refractivity contribution in [3.05, 3.63) is 41.1 Å². The number of aromatic nitrogens is 2. The number of fused-ring (bicyclic) bond motifs is 1. The standard InChI is InChI=1S/C35H38N2O15/c1-17(38)48-16-27-32(49-18(2)39)33(50-19(3)40)34(51-20(4)41)35(52-27)47-13-9-10-22-24(43-5)12-11-23-28(22)36-37-29(23)30(42)21-14-25(44-6)31(46-8)26(15-21)45-7/h11-12,14-15,27,32-35H,13,16H2,1-8H3,(H,36,37). The third kappa shape index (κ3) is 8.89. The monoisotopic (exact) mass is 726 g/mol. The van der Waals surface area contributed by atoms with E-state index in [9.17, 15) is 24.0 Å². The molecule has 1 saturated heterocycles. The SMILES string of the molecule is COc1cc(C(=O)c2[nH]nc3c(C#CCOC4OC(COC(C)=O)C(OC(C)=O)C(OC(C)=O)C4OC(C)=O)c(OC)ccc23)cc(OC)c1OC. The van der Waals surface area contributed by atoms with Gasteiger partial charge in [-0.3, -0.25) is 29.1 Å². The van der Waals surface area contributed by atoms with Gasteiger partial charge in [0.15, 0.2) is 36.1 Å². The lowest BCUT2D eigenvalue weighted by Crippen LogP contribution is -2.63. The number of esters is 4. The highest BCUT2D eigenvalue weighted by atomic mass is 16.7. The van der Waals surface area contributed by atoms with Crippen LogP contribution in [0.2, 0.25) is 0 Å². The van der Waals surface area contributed by atoms with Crippen molar-refractivity contribution in [2.24, 2.45) is 0 Å². The van der Waals surface area contributed by atoms with Crippen molar-refractivity contribution < 1.29 is 71.3 Å². The highest BCUT2D eigenvalue weighted by Crippen LogP contribution is 2.39. The molecule has 4 rings (SSSR count). The molecule has 5 atom stereocenters. The van der Waals surface area contributed by atoms with Gasteiger partial charge in [0, 0.05) is 38.6 Å². The van der Waals surface area contributed by atoms with Crippen molar-refractivity contribution in [1.29, 1.82) is 0 Å². The number of hydrogen-bond acceptors (Lipinski definition) is 16. The molecule has 2 heterocycles. The number of nitrogens with zero attached hydrogens (tertiary/aromatic N) is 1. The van der Waals surface area contributed by atoms with Gasteiger partial charge >= 0.3 is 23.9 Å². The van der Waals surface area contributed by atoms with Gasteiger partial charge in [0.05, 0.1) is 34.0 Å². The molecule has 5 unspecified atom stereocenters. The smallest absolute Gasteiger partial charge is 0.303 e. The van der Waals surface area contributed by atoms with Crippen LogP contribution in [0.4, 0.5) is 0 Å². The second kappa shape index (κ2) is 17.4. The van der Waals surface area contributed by atoms with Gasteiger partial charge in [-0.1, -0.05) is 11.8 Å². The molecule has 0 aliphatic carbocycles. The maximum Gasteiger partial charge on any atom is 0.303 e. The molecular weight excluding hydrogens is 688 g/mol. The van der Waals surface area contributed by atoms with Crippen LogP contribution in [0.15, 0.2) is 24.3 Å². The first kappa shape index (κ1) is 38.9. The summed E-state index contributed by atoms with van der Waals surface area (Å²) in [6.07, 6.45) is -6.79. The van der Waals surface area contributed by atoms with E-state index in [1.807, 2.05) is 0 Å². The number of carbonyl (C=O) groups excluding carboxylic acids is 5. The summed E-state index contributed by atoms with van der Waals surface area (Å²) in [6.45, 7) is 3.74. The lowest BCUT2D eigenvalue weighted by molar-refractivity contribution is -0.305. The summed E-state index contributed by atoms with van der Waals surface area (Å²) < 4.78 is 54.8. The number of H-pyrrole nitrogens is 1. The summed E-state index contributed by atoms with van der Waals surface area (Å²) in [4.78, 5) is 61.5. The van der Waals surface area contributed by atoms with Crippen molar-refractivity contribution in [1.82, 2.24) is 10.2 Å². The minimum absolute atomic E-state index is 0.156. The van der Waals surface area contributed by atoms with Gasteiger partial charge in [0.1, 0.15) is 36.3 Å². The molecule has 3 aromatic rings. The molecule has 278 valence electrons. The first-order valence-electron chi connectivity index (χ1n) is 15.6. The molecule has 0 saturated carbocycles. The van der Waals surface area contributed by atoms with Gasteiger partial charge in [0.2, 0.25) is 11.5 Å². The fourth-order valence-electron chi connectivity index (χ4n) is 5.45. The molecule has 0 spiro atoms.